The van der Waals surface area contributed by atoms with Crippen molar-refractivity contribution in [2.45, 2.75) is 5.92 Å². The van der Waals surface area contributed by atoms with E-state index in [1.165, 1.54) is 7.11 Å². The lowest BCUT2D eigenvalue weighted by Crippen LogP contribution is -2.41. The van der Waals surface area contributed by atoms with Crippen molar-refractivity contribution >= 4 is 17.4 Å². The first-order chi connectivity index (χ1) is 18.0. The number of rotatable bonds is 6. The van der Waals surface area contributed by atoms with Gasteiger partial charge in [0.1, 0.15) is 0 Å². The van der Waals surface area contributed by atoms with Crippen molar-refractivity contribution in [1.29, 1.82) is 0 Å². The summed E-state index contributed by atoms with van der Waals surface area (Å²) in [7, 11) is 4.63. The highest BCUT2D eigenvalue weighted by Gasteiger charge is 2.50. The molecule has 9 heteroatoms. The van der Waals surface area contributed by atoms with Crippen LogP contribution in [-0.4, -0.2) is 51.5 Å². The molecular weight excluding hydrogens is 476 g/mol. The van der Waals surface area contributed by atoms with Gasteiger partial charge in [-0.05, 0) is 47.5 Å². The minimum Gasteiger partial charge on any atom is -0.493 e. The number of ether oxygens (including phenoxy) is 5. The lowest BCUT2D eigenvalue weighted by atomic mass is 9.65. The fourth-order valence-electron chi connectivity index (χ4n) is 5.66. The summed E-state index contributed by atoms with van der Waals surface area (Å²) in [4.78, 5) is 13.0. The molecule has 2 heterocycles. The number of carboxylic acids is 1. The Morgan fingerprint density at radius 2 is 1.65 bits per heavy atom. The molecule has 0 saturated heterocycles. The summed E-state index contributed by atoms with van der Waals surface area (Å²) in [6.07, 6.45) is 0. The molecule has 2 unspecified atom stereocenters. The van der Waals surface area contributed by atoms with Crippen LogP contribution >= 0.6 is 0 Å². The summed E-state index contributed by atoms with van der Waals surface area (Å²) < 4.78 is 28.1. The summed E-state index contributed by atoms with van der Waals surface area (Å²) in [5.74, 6) is -0.0446. The predicted octanol–water partition coefficient (Wildman–Crippen LogP) is 4.13. The Bertz CT molecular complexity index is 1380. The molecule has 0 saturated carbocycles. The number of carboxylic acid groups (broad SMARTS) is 1. The van der Waals surface area contributed by atoms with Gasteiger partial charge in [-0.15, -0.1) is 0 Å². The molecular formula is C28H26N2O7. The zero-order valence-corrected chi connectivity index (χ0v) is 20.6. The maximum absolute atomic E-state index is 13.0. The number of anilines is 1. The third kappa shape index (κ3) is 3.61. The van der Waals surface area contributed by atoms with Gasteiger partial charge in [0, 0.05) is 17.4 Å². The molecule has 0 aromatic heterocycles. The Morgan fingerprint density at radius 3 is 2.27 bits per heavy atom. The number of carbonyl (C=O) groups is 1. The van der Waals surface area contributed by atoms with E-state index in [1.54, 1.807) is 14.2 Å². The third-order valence-corrected chi connectivity index (χ3v) is 7.28. The van der Waals surface area contributed by atoms with Gasteiger partial charge >= 0.3 is 5.97 Å². The molecule has 0 radical (unpaired) electrons. The zero-order valence-electron chi connectivity index (χ0n) is 20.6. The van der Waals surface area contributed by atoms with Gasteiger partial charge in [0.05, 0.1) is 45.2 Å². The van der Waals surface area contributed by atoms with Crippen LogP contribution in [0.2, 0.25) is 0 Å². The summed E-state index contributed by atoms with van der Waals surface area (Å²) in [5, 5.41) is 17.4. The quantitative estimate of drug-likeness (QED) is 0.537. The summed E-state index contributed by atoms with van der Waals surface area (Å²) in [6.45, 7) is 0.548. The summed E-state index contributed by atoms with van der Waals surface area (Å²) in [5.41, 5.74) is 4.02. The second kappa shape index (κ2) is 8.92. The molecule has 3 atom stereocenters. The molecule has 6 rings (SSSR count). The number of benzene rings is 3. The number of fused-ring (bicyclic) bond motifs is 4. The van der Waals surface area contributed by atoms with Gasteiger partial charge < -0.3 is 28.8 Å². The summed E-state index contributed by atoms with van der Waals surface area (Å²) in [6, 6.07) is 17.2. The molecule has 0 spiro atoms. The Balaban J connectivity index is 1.57. The molecule has 3 aliphatic rings. The number of nitrogens with zero attached hydrogens (tertiary/aromatic N) is 2. The van der Waals surface area contributed by atoms with Gasteiger partial charge in [-0.3, -0.25) is 9.80 Å². The first-order valence-electron chi connectivity index (χ1n) is 11.9. The second-order valence-electron chi connectivity index (χ2n) is 9.10. The standard InChI is InChI=1S/C28H26N2O7/c1-33-22-9-15(10-23(34-2)27(22)35-3)24-17-11-20-21(37-14-36-20)12-18(17)26-19(25(24)28(31)32)13-30(29-26)16-7-5-4-6-8-16/h4-12,19,24-25H,13-14H2,1-3H3,(H,31,32)/t19?,24-,25?/m0/s1. The molecule has 0 amide bonds. The van der Waals surface area contributed by atoms with Crippen molar-refractivity contribution in [3.63, 3.8) is 0 Å². The van der Waals surface area contributed by atoms with Crippen LogP contribution in [0.5, 0.6) is 28.7 Å². The average molecular weight is 503 g/mol. The fraction of sp³-hybridized carbons (Fsp3) is 0.286. The van der Waals surface area contributed by atoms with E-state index in [1.807, 2.05) is 59.6 Å². The Labute approximate surface area is 213 Å². The van der Waals surface area contributed by atoms with Crippen molar-refractivity contribution in [3.05, 3.63) is 71.3 Å². The second-order valence-corrected chi connectivity index (χ2v) is 9.10. The van der Waals surface area contributed by atoms with Gasteiger partial charge in [0.25, 0.3) is 0 Å². The molecule has 3 aromatic carbocycles. The maximum Gasteiger partial charge on any atom is 0.308 e. The Kier molecular flexibility index (Phi) is 5.55. The number of aliphatic carboxylic acids is 1. The number of hydrogen-bond acceptors (Lipinski definition) is 8. The summed E-state index contributed by atoms with van der Waals surface area (Å²) >= 11 is 0. The predicted molar refractivity (Wildman–Crippen MR) is 135 cm³/mol. The van der Waals surface area contributed by atoms with E-state index >= 15 is 0 Å². The smallest absolute Gasteiger partial charge is 0.308 e. The fourth-order valence-corrected chi connectivity index (χ4v) is 5.66. The van der Waals surface area contributed by atoms with Crippen LogP contribution in [0.1, 0.15) is 22.6 Å². The van der Waals surface area contributed by atoms with Crippen LogP contribution in [0.25, 0.3) is 0 Å². The molecule has 1 aliphatic carbocycles. The van der Waals surface area contributed by atoms with E-state index in [9.17, 15) is 9.90 Å². The number of hydrogen-bond donors (Lipinski definition) is 1. The minimum absolute atomic E-state index is 0.113. The van der Waals surface area contributed by atoms with Crippen molar-refractivity contribution in [2.75, 3.05) is 39.7 Å². The lowest BCUT2D eigenvalue weighted by molar-refractivity contribution is -0.143. The minimum atomic E-state index is -0.908. The van der Waals surface area contributed by atoms with Crippen molar-refractivity contribution < 1.29 is 33.6 Å². The van der Waals surface area contributed by atoms with Gasteiger partial charge in [-0.25, -0.2) is 0 Å². The highest BCUT2D eigenvalue weighted by molar-refractivity contribution is 6.09. The van der Waals surface area contributed by atoms with Crippen LogP contribution in [0, 0.1) is 11.8 Å². The van der Waals surface area contributed by atoms with Crippen LogP contribution in [0.4, 0.5) is 5.69 Å². The maximum atomic E-state index is 13.0. The van der Waals surface area contributed by atoms with Crippen LogP contribution in [-0.2, 0) is 4.79 Å². The molecule has 9 nitrogen and oxygen atoms in total. The van der Waals surface area contributed by atoms with Crippen molar-refractivity contribution in [3.8, 4) is 28.7 Å². The van der Waals surface area contributed by atoms with Crippen LogP contribution in [0.15, 0.2) is 59.7 Å². The average Bonchev–Trinajstić information content (AvgIpc) is 3.57. The van der Waals surface area contributed by atoms with E-state index in [4.69, 9.17) is 28.8 Å². The highest BCUT2D eigenvalue weighted by Crippen LogP contribution is 2.52. The Hall–Kier alpha value is -4.40. The van der Waals surface area contributed by atoms with E-state index in [2.05, 4.69) is 0 Å². The molecule has 0 bridgehead atoms. The molecule has 190 valence electrons. The van der Waals surface area contributed by atoms with Gasteiger partial charge in [-0.2, -0.15) is 5.10 Å². The van der Waals surface area contributed by atoms with Gasteiger partial charge in [0.2, 0.25) is 12.5 Å². The molecule has 1 N–H and O–H groups in total. The molecule has 2 aliphatic heterocycles. The zero-order chi connectivity index (χ0) is 25.7. The third-order valence-electron chi connectivity index (χ3n) is 7.28. The van der Waals surface area contributed by atoms with E-state index in [-0.39, 0.29) is 12.7 Å². The SMILES string of the molecule is COc1cc([C@H]2c3cc4c(cc3C3=NN(c5ccccc5)CC3C2C(=O)O)OCO4)cc(OC)c1OC. The topological polar surface area (TPSA) is 99.1 Å². The van der Waals surface area contributed by atoms with Gasteiger partial charge in [-0.1, -0.05) is 18.2 Å². The number of hydrazone groups is 1. The number of methoxy groups -OCH3 is 3. The Morgan fingerprint density at radius 1 is 0.973 bits per heavy atom. The monoisotopic (exact) mass is 502 g/mol. The van der Waals surface area contributed by atoms with E-state index in [0.717, 1.165) is 28.1 Å². The van der Waals surface area contributed by atoms with Crippen molar-refractivity contribution in [2.24, 2.45) is 16.9 Å². The highest BCUT2D eigenvalue weighted by atomic mass is 16.7. The molecule has 3 aromatic rings. The lowest BCUT2D eigenvalue weighted by Gasteiger charge is -2.36. The van der Waals surface area contributed by atoms with Crippen LogP contribution in [0.3, 0.4) is 0 Å². The van der Waals surface area contributed by atoms with E-state index in [0.29, 0.717) is 35.3 Å². The van der Waals surface area contributed by atoms with Crippen molar-refractivity contribution in [1.82, 2.24) is 0 Å². The largest absolute Gasteiger partial charge is 0.493 e. The first-order valence-corrected chi connectivity index (χ1v) is 11.9. The molecule has 37 heavy (non-hydrogen) atoms. The van der Waals surface area contributed by atoms with Crippen LogP contribution < -0.4 is 28.7 Å². The number of para-hydroxylation sites is 1. The van der Waals surface area contributed by atoms with E-state index < -0.39 is 17.8 Å². The van der Waals surface area contributed by atoms with Gasteiger partial charge in [0.15, 0.2) is 23.0 Å². The molecule has 0 fully saturated rings. The first kappa shape index (κ1) is 23.0. The normalized spacial score (nSPS) is 21.1.